The Morgan fingerprint density at radius 2 is 1.86 bits per heavy atom. The van der Waals surface area contributed by atoms with Gasteiger partial charge in [-0.2, -0.15) is 0 Å². The standard InChI is InChI=1S/C22H22N2O5/c1-27-18-4-2-3-16-14-19(29-21(16)18)22(26)23-17-7-5-15(6-8-17)13-20(25)24-9-11-28-12-10-24/h2-8,14H,9-13H2,1H3,(H,23,26). The van der Waals surface area contributed by atoms with Crippen LogP contribution in [0.3, 0.4) is 0 Å². The minimum absolute atomic E-state index is 0.0845. The summed E-state index contributed by atoms with van der Waals surface area (Å²) in [5.41, 5.74) is 2.06. The largest absolute Gasteiger partial charge is 0.493 e. The molecule has 1 aliphatic rings. The van der Waals surface area contributed by atoms with Crippen molar-refractivity contribution in [1.82, 2.24) is 4.90 Å². The van der Waals surface area contributed by atoms with E-state index < -0.39 is 0 Å². The van der Waals surface area contributed by atoms with Crippen molar-refractivity contribution in [2.45, 2.75) is 6.42 Å². The fourth-order valence-corrected chi connectivity index (χ4v) is 3.31. The van der Waals surface area contributed by atoms with Gasteiger partial charge in [0.1, 0.15) is 0 Å². The van der Waals surface area contributed by atoms with Gasteiger partial charge in [-0.1, -0.05) is 24.3 Å². The van der Waals surface area contributed by atoms with Crippen LogP contribution in [0.2, 0.25) is 0 Å². The zero-order chi connectivity index (χ0) is 20.2. The number of anilines is 1. The van der Waals surface area contributed by atoms with Gasteiger partial charge in [-0.25, -0.2) is 0 Å². The van der Waals surface area contributed by atoms with Gasteiger partial charge in [-0.15, -0.1) is 0 Å². The molecule has 0 bridgehead atoms. The van der Waals surface area contributed by atoms with E-state index in [1.165, 1.54) is 0 Å². The normalized spacial score (nSPS) is 14.0. The highest BCUT2D eigenvalue weighted by atomic mass is 16.5. The second-order valence-corrected chi connectivity index (χ2v) is 6.81. The summed E-state index contributed by atoms with van der Waals surface area (Å²) in [6.07, 6.45) is 0.331. The van der Waals surface area contributed by atoms with E-state index in [2.05, 4.69) is 5.32 Å². The van der Waals surface area contributed by atoms with Gasteiger partial charge in [-0.05, 0) is 29.8 Å². The van der Waals surface area contributed by atoms with Crippen molar-refractivity contribution in [1.29, 1.82) is 0 Å². The van der Waals surface area contributed by atoms with Crippen LogP contribution in [0.15, 0.2) is 52.9 Å². The maximum Gasteiger partial charge on any atom is 0.291 e. The van der Waals surface area contributed by atoms with Crippen molar-refractivity contribution < 1.29 is 23.5 Å². The van der Waals surface area contributed by atoms with Crippen LogP contribution in [-0.4, -0.2) is 50.1 Å². The third-order valence-corrected chi connectivity index (χ3v) is 4.88. The molecule has 0 radical (unpaired) electrons. The average Bonchev–Trinajstić information content (AvgIpc) is 3.20. The number of amides is 2. The molecule has 2 heterocycles. The van der Waals surface area contributed by atoms with Crippen LogP contribution in [0.1, 0.15) is 16.1 Å². The van der Waals surface area contributed by atoms with Gasteiger partial charge in [-0.3, -0.25) is 9.59 Å². The van der Waals surface area contributed by atoms with E-state index in [4.69, 9.17) is 13.9 Å². The molecule has 0 unspecified atom stereocenters. The molecule has 0 spiro atoms. The molecule has 3 aromatic rings. The van der Waals surface area contributed by atoms with Gasteiger partial charge < -0.3 is 24.1 Å². The van der Waals surface area contributed by atoms with E-state index >= 15 is 0 Å². The number of furan rings is 1. The van der Waals surface area contributed by atoms with Crippen molar-refractivity contribution in [2.75, 3.05) is 38.7 Å². The number of para-hydroxylation sites is 1. The highest BCUT2D eigenvalue weighted by molar-refractivity contribution is 6.05. The molecule has 150 valence electrons. The highest BCUT2D eigenvalue weighted by Crippen LogP contribution is 2.28. The first-order valence-electron chi connectivity index (χ1n) is 9.46. The Kier molecular flexibility index (Phi) is 5.48. The third kappa shape index (κ3) is 4.25. The molecule has 29 heavy (non-hydrogen) atoms. The molecule has 4 rings (SSSR count). The van der Waals surface area contributed by atoms with Gasteiger partial charge in [0.25, 0.3) is 5.91 Å². The first kappa shape index (κ1) is 19.0. The van der Waals surface area contributed by atoms with E-state index in [1.54, 1.807) is 31.4 Å². The number of rotatable bonds is 5. The highest BCUT2D eigenvalue weighted by Gasteiger charge is 2.18. The van der Waals surface area contributed by atoms with Gasteiger partial charge >= 0.3 is 0 Å². The number of hydrogen-bond donors (Lipinski definition) is 1. The maximum atomic E-state index is 12.5. The lowest BCUT2D eigenvalue weighted by atomic mass is 10.1. The maximum absolute atomic E-state index is 12.5. The van der Waals surface area contributed by atoms with Crippen molar-refractivity contribution in [3.8, 4) is 5.75 Å². The molecule has 0 aliphatic carbocycles. The molecule has 1 aliphatic heterocycles. The molecule has 2 aromatic carbocycles. The Balaban J connectivity index is 1.40. The lowest BCUT2D eigenvalue weighted by molar-refractivity contribution is -0.134. The number of carbonyl (C=O) groups excluding carboxylic acids is 2. The van der Waals surface area contributed by atoms with Crippen LogP contribution < -0.4 is 10.1 Å². The molecule has 7 heteroatoms. The van der Waals surface area contributed by atoms with Crippen LogP contribution in [0.4, 0.5) is 5.69 Å². The van der Waals surface area contributed by atoms with E-state index in [1.807, 2.05) is 29.2 Å². The van der Waals surface area contributed by atoms with E-state index in [0.29, 0.717) is 49.7 Å². The predicted octanol–water partition coefficient (Wildman–Crippen LogP) is 3.10. The molecule has 1 saturated heterocycles. The number of fused-ring (bicyclic) bond motifs is 1. The molecule has 0 saturated carbocycles. The smallest absolute Gasteiger partial charge is 0.291 e. The Labute approximate surface area is 168 Å². The minimum atomic E-state index is -0.347. The number of hydrogen-bond acceptors (Lipinski definition) is 5. The summed E-state index contributed by atoms with van der Waals surface area (Å²) in [4.78, 5) is 26.7. The Morgan fingerprint density at radius 3 is 2.59 bits per heavy atom. The quantitative estimate of drug-likeness (QED) is 0.719. The van der Waals surface area contributed by atoms with Crippen LogP contribution in [-0.2, 0) is 16.0 Å². The number of methoxy groups -OCH3 is 1. The SMILES string of the molecule is COc1cccc2cc(C(=O)Nc3ccc(CC(=O)N4CCOCC4)cc3)oc12. The van der Waals surface area contributed by atoms with Crippen molar-refractivity contribution in [2.24, 2.45) is 0 Å². The summed E-state index contributed by atoms with van der Waals surface area (Å²) in [5.74, 6) is 0.522. The summed E-state index contributed by atoms with van der Waals surface area (Å²) in [5, 5.41) is 3.61. The Morgan fingerprint density at radius 1 is 1.10 bits per heavy atom. The van der Waals surface area contributed by atoms with Crippen molar-refractivity contribution >= 4 is 28.5 Å². The molecule has 1 N–H and O–H groups in total. The van der Waals surface area contributed by atoms with Gasteiger partial charge in [0.15, 0.2) is 17.1 Å². The van der Waals surface area contributed by atoms with Gasteiger partial charge in [0.05, 0.1) is 26.7 Å². The number of nitrogens with zero attached hydrogens (tertiary/aromatic N) is 1. The Bertz CT molecular complexity index is 1020. The summed E-state index contributed by atoms with van der Waals surface area (Å²) in [6.45, 7) is 2.44. The molecule has 2 amide bonds. The van der Waals surface area contributed by atoms with Crippen LogP contribution >= 0.6 is 0 Å². The zero-order valence-electron chi connectivity index (χ0n) is 16.1. The van der Waals surface area contributed by atoms with Crippen LogP contribution in [0.5, 0.6) is 5.75 Å². The zero-order valence-corrected chi connectivity index (χ0v) is 16.1. The van der Waals surface area contributed by atoms with Crippen molar-refractivity contribution in [3.05, 3.63) is 59.9 Å². The number of morpholine rings is 1. The number of nitrogens with one attached hydrogen (secondary N) is 1. The summed E-state index contributed by atoms with van der Waals surface area (Å²) in [6, 6.07) is 14.4. The number of carbonyl (C=O) groups is 2. The second kappa shape index (κ2) is 8.36. The number of ether oxygens (including phenoxy) is 2. The minimum Gasteiger partial charge on any atom is -0.493 e. The van der Waals surface area contributed by atoms with E-state index in [-0.39, 0.29) is 17.6 Å². The van der Waals surface area contributed by atoms with E-state index in [0.717, 1.165) is 10.9 Å². The lowest BCUT2D eigenvalue weighted by Gasteiger charge is -2.26. The van der Waals surface area contributed by atoms with Crippen molar-refractivity contribution in [3.63, 3.8) is 0 Å². The molecule has 1 fully saturated rings. The summed E-state index contributed by atoms with van der Waals surface area (Å²) < 4.78 is 16.2. The van der Waals surface area contributed by atoms with E-state index in [9.17, 15) is 9.59 Å². The Hall–Kier alpha value is -3.32. The molecular weight excluding hydrogens is 372 g/mol. The molecule has 1 aromatic heterocycles. The van der Waals surface area contributed by atoms with Crippen LogP contribution in [0, 0.1) is 0 Å². The summed E-state index contributed by atoms with van der Waals surface area (Å²) in [7, 11) is 1.56. The van der Waals surface area contributed by atoms with Gasteiger partial charge in [0.2, 0.25) is 5.91 Å². The fraction of sp³-hybridized carbons (Fsp3) is 0.273. The third-order valence-electron chi connectivity index (χ3n) is 4.88. The van der Waals surface area contributed by atoms with Crippen LogP contribution in [0.25, 0.3) is 11.0 Å². The first-order chi connectivity index (χ1) is 14.1. The molecule has 7 nitrogen and oxygen atoms in total. The topological polar surface area (TPSA) is 81.0 Å². The second-order valence-electron chi connectivity index (χ2n) is 6.81. The molecular formula is C22H22N2O5. The first-order valence-corrected chi connectivity index (χ1v) is 9.46. The van der Waals surface area contributed by atoms with Gasteiger partial charge in [0, 0.05) is 24.2 Å². The number of benzene rings is 2. The lowest BCUT2D eigenvalue weighted by Crippen LogP contribution is -2.41. The predicted molar refractivity (Wildman–Crippen MR) is 108 cm³/mol. The molecule has 0 atom stereocenters. The fourth-order valence-electron chi connectivity index (χ4n) is 3.31. The monoisotopic (exact) mass is 394 g/mol. The summed E-state index contributed by atoms with van der Waals surface area (Å²) >= 11 is 0. The average molecular weight is 394 g/mol.